The van der Waals surface area contributed by atoms with Crippen LogP contribution in [0.4, 0.5) is 5.69 Å². The fourth-order valence-electron chi connectivity index (χ4n) is 4.61. The minimum atomic E-state index is 0.303. The number of hydrogen-bond donors (Lipinski definition) is 1. The third-order valence-electron chi connectivity index (χ3n) is 6.87. The summed E-state index contributed by atoms with van der Waals surface area (Å²) in [5.74, 6) is 0.658. The highest BCUT2D eigenvalue weighted by Crippen LogP contribution is 2.32. The quantitative estimate of drug-likeness (QED) is 0.650. The number of ether oxygens (including phenoxy) is 1. The number of anilines is 1. The molecule has 0 unspecified atom stereocenters. The Morgan fingerprint density at radius 2 is 1.81 bits per heavy atom. The van der Waals surface area contributed by atoms with Gasteiger partial charge in [0.25, 0.3) is 0 Å². The molecule has 6 rings (SSSR count). The molecule has 2 aliphatic heterocycles. The summed E-state index contributed by atoms with van der Waals surface area (Å²) in [6, 6.07) is 13.6. The Morgan fingerprint density at radius 1 is 1.03 bits per heavy atom. The number of hydrogen-bond acceptors (Lipinski definition) is 5. The Bertz CT molecular complexity index is 1110. The molecule has 1 aliphatic carbocycles. The second-order valence-corrected chi connectivity index (χ2v) is 9.17. The predicted molar refractivity (Wildman–Crippen MR) is 124 cm³/mol. The lowest BCUT2D eigenvalue weighted by Gasteiger charge is -2.36. The lowest BCUT2D eigenvalue weighted by atomic mass is 10.1. The minimum absolute atomic E-state index is 0.303. The topological polar surface area (TPSA) is 62.1 Å². The van der Waals surface area contributed by atoms with Gasteiger partial charge in [0.05, 0.1) is 30.5 Å². The van der Waals surface area contributed by atoms with Crippen LogP contribution < -0.4 is 10.2 Å². The lowest BCUT2D eigenvalue weighted by molar-refractivity contribution is -0.132. The Kier molecular flexibility index (Phi) is 5.08. The first kappa shape index (κ1) is 19.8. The largest absolute Gasteiger partial charge is 0.378 e. The Balaban J connectivity index is 1.17. The molecule has 1 amide bonds. The number of aromatic nitrogens is 2. The van der Waals surface area contributed by atoms with Crippen molar-refractivity contribution in [3.8, 4) is 11.1 Å². The zero-order chi connectivity index (χ0) is 21.5. The van der Waals surface area contributed by atoms with Crippen molar-refractivity contribution in [3.05, 3.63) is 54.4 Å². The molecule has 0 radical (unpaired) electrons. The van der Waals surface area contributed by atoms with Gasteiger partial charge in [-0.25, -0.2) is 4.52 Å². The van der Waals surface area contributed by atoms with Gasteiger partial charge in [-0.3, -0.25) is 4.79 Å². The smallest absolute Gasteiger partial charge is 0.225 e. The molecular weight excluding hydrogens is 402 g/mol. The molecule has 1 saturated carbocycles. The monoisotopic (exact) mass is 431 g/mol. The number of nitrogens with zero attached hydrogens (tertiary/aromatic N) is 4. The minimum Gasteiger partial charge on any atom is -0.378 e. The van der Waals surface area contributed by atoms with Crippen molar-refractivity contribution in [2.24, 2.45) is 5.92 Å². The summed E-state index contributed by atoms with van der Waals surface area (Å²) >= 11 is 0. The lowest BCUT2D eigenvalue weighted by Crippen LogP contribution is -2.49. The maximum absolute atomic E-state index is 12.4. The molecule has 3 fully saturated rings. The molecule has 2 saturated heterocycles. The molecule has 0 atom stereocenters. The van der Waals surface area contributed by atoms with Gasteiger partial charge in [0.15, 0.2) is 0 Å². The van der Waals surface area contributed by atoms with Crippen LogP contribution in [-0.2, 0) is 16.1 Å². The molecule has 166 valence electrons. The zero-order valence-electron chi connectivity index (χ0n) is 18.2. The third-order valence-corrected chi connectivity index (χ3v) is 6.87. The van der Waals surface area contributed by atoms with E-state index in [-0.39, 0.29) is 0 Å². The molecule has 7 heteroatoms. The number of nitrogens with one attached hydrogen (secondary N) is 1. The highest BCUT2D eigenvalue weighted by molar-refractivity contribution is 5.82. The molecule has 0 bridgehead atoms. The SMILES string of the molecule is O=C(C1CC1)N1CCN(c2ccnn3cc(-c4ccc(CNC5COC5)cc4)cc23)CC1. The van der Waals surface area contributed by atoms with Crippen molar-refractivity contribution < 1.29 is 9.53 Å². The normalized spacial score (nSPS) is 19.4. The number of benzene rings is 1. The maximum atomic E-state index is 12.4. The molecule has 1 N–H and O–H groups in total. The van der Waals surface area contributed by atoms with Gasteiger partial charge >= 0.3 is 0 Å². The zero-order valence-corrected chi connectivity index (χ0v) is 18.2. The average Bonchev–Trinajstić information content (AvgIpc) is 3.56. The third kappa shape index (κ3) is 3.87. The predicted octanol–water partition coefficient (Wildman–Crippen LogP) is 2.55. The van der Waals surface area contributed by atoms with Gasteiger partial charge in [0.2, 0.25) is 5.91 Å². The highest BCUT2D eigenvalue weighted by atomic mass is 16.5. The van der Waals surface area contributed by atoms with Crippen LogP contribution in [0, 0.1) is 5.92 Å². The van der Waals surface area contributed by atoms with Crippen molar-refractivity contribution in [2.75, 3.05) is 44.3 Å². The van der Waals surface area contributed by atoms with E-state index in [9.17, 15) is 4.79 Å². The fraction of sp³-hybridized carbons (Fsp3) is 0.440. The van der Waals surface area contributed by atoms with E-state index in [2.05, 4.69) is 57.9 Å². The number of rotatable bonds is 6. The standard InChI is InChI=1S/C25H29N5O2/c31-25(20-5-6-20)29-11-9-28(10-12-29)23-7-8-27-30-15-21(13-24(23)30)19-3-1-18(2-4-19)14-26-22-16-32-17-22/h1-4,7-8,13,15,20,22,26H,5-6,9-12,14,16-17H2. The Morgan fingerprint density at radius 3 is 2.50 bits per heavy atom. The maximum Gasteiger partial charge on any atom is 0.225 e. The van der Waals surface area contributed by atoms with Gasteiger partial charge < -0.3 is 19.9 Å². The summed E-state index contributed by atoms with van der Waals surface area (Å²) in [5.41, 5.74) is 5.94. The number of amides is 1. The van der Waals surface area contributed by atoms with Crippen LogP contribution in [0.1, 0.15) is 18.4 Å². The van der Waals surface area contributed by atoms with Gasteiger partial charge in [-0.2, -0.15) is 5.10 Å². The molecule has 32 heavy (non-hydrogen) atoms. The summed E-state index contributed by atoms with van der Waals surface area (Å²) in [5, 5.41) is 8.05. The summed E-state index contributed by atoms with van der Waals surface area (Å²) in [6.07, 6.45) is 6.12. The number of carbonyl (C=O) groups is 1. The summed E-state index contributed by atoms with van der Waals surface area (Å²) in [4.78, 5) is 16.8. The molecule has 3 aliphatic rings. The van der Waals surface area contributed by atoms with Crippen LogP contribution in [0.2, 0.25) is 0 Å². The van der Waals surface area contributed by atoms with E-state index in [0.29, 0.717) is 17.9 Å². The van der Waals surface area contributed by atoms with Crippen molar-refractivity contribution in [3.63, 3.8) is 0 Å². The van der Waals surface area contributed by atoms with Gasteiger partial charge in [-0.05, 0) is 36.1 Å². The van der Waals surface area contributed by atoms with Crippen LogP contribution in [0.25, 0.3) is 16.6 Å². The van der Waals surface area contributed by atoms with Crippen molar-refractivity contribution in [1.82, 2.24) is 19.8 Å². The van der Waals surface area contributed by atoms with Gasteiger partial charge in [-0.1, -0.05) is 24.3 Å². The van der Waals surface area contributed by atoms with Crippen molar-refractivity contribution >= 4 is 17.1 Å². The Labute approximate surface area is 188 Å². The molecular formula is C25H29N5O2. The highest BCUT2D eigenvalue weighted by Gasteiger charge is 2.34. The summed E-state index contributed by atoms with van der Waals surface area (Å²) in [7, 11) is 0. The fourth-order valence-corrected chi connectivity index (χ4v) is 4.61. The molecule has 3 aromatic rings. The van der Waals surface area contributed by atoms with Gasteiger partial charge in [0, 0.05) is 56.6 Å². The van der Waals surface area contributed by atoms with Crippen molar-refractivity contribution in [1.29, 1.82) is 0 Å². The second-order valence-electron chi connectivity index (χ2n) is 9.17. The van der Waals surface area contributed by atoms with Crippen LogP contribution in [-0.4, -0.2) is 65.9 Å². The number of piperazine rings is 1. The van der Waals surface area contributed by atoms with Crippen LogP contribution in [0.3, 0.4) is 0 Å². The van der Waals surface area contributed by atoms with E-state index in [1.54, 1.807) is 0 Å². The van der Waals surface area contributed by atoms with E-state index in [4.69, 9.17) is 4.74 Å². The van der Waals surface area contributed by atoms with E-state index in [1.807, 2.05) is 15.6 Å². The van der Waals surface area contributed by atoms with Crippen LogP contribution in [0.15, 0.2) is 48.8 Å². The van der Waals surface area contributed by atoms with E-state index in [1.165, 1.54) is 22.4 Å². The van der Waals surface area contributed by atoms with E-state index < -0.39 is 0 Å². The second kappa shape index (κ2) is 8.22. The Hall–Kier alpha value is -2.90. The molecule has 7 nitrogen and oxygen atoms in total. The van der Waals surface area contributed by atoms with Gasteiger partial charge in [-0.15, -0.1) is 0 Å². The van der Waals surface area contributed by atoms with Crippen molar-refractivity contribution in [2.45, 2.75) is 25.4 Å². The molecule has 4 heterocycles. The van der Waals surface area contributed by atoms with Gasteiger partial charge in [0.1, 0.15) is 0 Å². The van der Waals surface area contributed by atoms with E-state index >= 15 is 0 Å². The molecule has 2 aromatic heterocycles. The average molecular weight is 432 g/mol. The van der Waals surface area contributed by atoms with Crippen LogP contribution in [0.5, 0.6) is 0 Å². The number of carbonyl (C=O) groups excluding carboxylic acids is 1. The van der Waals surface area contributed by atoms with E-state index in [0.717, 1.165) is 64.3 Å². The van der Waals surface area contributed by atoms with Crippen LogP contribution >= 0.6 is 0 Å². The molecule has 0 spiro atoms. The first-order chi connectivity index (χ1) is 15.7. The first-order valence-corrected chi connectivity index (χ1v) is 11.7. The summed E-state index contributed by atoms with van der Waals surface area (Å²) < 4.78 is 7.19. The summed E-state index contributed by atoms with van der Waals surface area (Å²) in [6.45, 7) is 5.85. The first-order valence-electron chi connectivity index (χ1n) is 11.7. The molecule has 1 aromatic carbocycles. The number of fused-ring (bicyclic) bond motifs is 1.